The van der Waals surface area contributed by atoms with Gasteiger partial charge in [-0.25, -0.2) is 23.5 Å². The molecule has 0 atom stereocenters. The molecular weight excluding hydrogens is 572 g/mol. The highest BCUT2D eigenvalue weighted by Gasteiger charge is 2.19. The van der Waals surface area contributed by atoms with E-state index in [4.69, 9.17) is 24.2 Å². The minimum Gasteiger partial charge on any atom is -0.496 e. The van der Waals surface area contributed by atoms with Gasteiger partial charge in [0.2, 0.25) is 0 Å². The van der Waals surface area contributed by atoms with Crippen LogP contribution in [0.3, 0.4) is 0 Å². The van der Waals surface area contributed by atoms with Crippen molar-refractivity contribution in [2.75, 3.05) is 27.9 Å². The van der Waals surface area contributed by atoms with E-state index < -0.39 is 17.6 Å². The molecule has 5 aromatic rings. The molecule has 3 aromatic carbocycles. The summed E-state index contributed by atoms with van der Waals surface area (Å²) in [5.74, 6) is -0.897. The number of hydrogen-bond acceptors (Lipinski definition) is 9. The Kier molecular flexibility index (Phi) is 9.06. The number of nitrogens with zero attached hydrogens (tertiary/aromatic N) is 5. The molecule has 2 heterocycles. The van der Waals surface area contributed by atoms with E-state index in [9.17, 15) is 4.79 Å². The number of halogens is 2. The first-order valence-corrected chi connectivity index (χ1v) is 13.4. The number of carbonyl (C=O) groups excluding carboxylic acids is 1. The molecule has 0 N–H and O–H groups in total. The average Bonchev–Trinajstić information content (AvgIpc) is 3.39. The predicted octanol–water partition coefficient (Wildman–Crippen LogP) is 5.25. The topological polar surface area (TPSA) is 121 Å². The molecule has 0 bridgehead atoms. The first kappa shape index (κ1) is 30.1. The number of esters is 1. The van der Waals surface area contributed by atoms with Crippen LogP contribution in [-0.4, -0.2) is 53.4 Å². The number of methoxy groups -OCH3 is 3. The van der Waals surface area contributed by atoms with Crippen LogP contribution in [-0.2, 0) is 29.0 Å². The Hall–Kier alpha value is -5.41. The first-order valence-electron chi connectivity index (χ1n) is 13.4. The van der Waals surface area contributed by atoms with E-state index in [2.05, 4.69) is 15.0 Å². The van der Waals surface area contributed by atoms with Crippen molar-refractivity contribution in [2.45, 2.75) is 19.6 Å². The summed E-state index contributed by atoms with van der Waals surface area (Å²) in [5.41, 5.74) is 2.82. The van der Waals surface area contributed by atoms with Gasteiger partial charge in [0.15, 0.2) is 0 Å². The Morgan fingerprint density at radius 3 is 2.57 bits per heavy atom. The molecule has 0 fully saturated rings. The summed E-state index contributed by atoms with van der Waals surface area (Å²) in [6.45, 7) is 0.749. The number of rotatable bonds is 11. The number of aromatic nitrogens is 4. The summed E-state index contributed by atoms with van der Waals surface area (Å²) in [6.07, 6.45) is 1.37. The molecule has 0 saturated carbocycles. The zero-order valence-corrected chi connectivity index (χ0v) is 24.1. The fourth-order valence-electron chi connectivity index (χ4n) is 4.71. The van der Waals surface area contributed by atoms with Crippen molar-refractivity contribution in [3.8, 4) is 29.1 Å². The number of imidazole rings is 1. The van der Waals surface area contributed by atoms with Gasteiger partial charge in [-0.15, -0.1) is 0 Å². The predicted molar refractivity (Wildman–Crippen MR) is 155 cm³/mol. The quantitative estimate of drug-likeness (QED) is 0.187. The highest BCUT2D eigenvalue weighted by Crippen LogP contribution is 2.28. The molecule has 2 aromatic heterocycles. The molecule has 0 saturated heterocycles. The van der Waals surface area contributed by atoms with E-state index in [0.717, 1.165) is 12.1 Å². The van der Waals surface area contributed by atoms with Gasteiger partial charge >= 0.3 is 12.0 Å². The van der Waals surface area contributed by atoms with Gasteiger partial charge in [0.1, 0.15) is 29.8 Å². The summed E-state index contributed by atoms with van der Waals surface area (Å²) in [6, 6.07) is 15.5. The van der Waals surface area contributed by atoms with E-state index in [1.54, 1.807) is 43.5 Å². The molecule has 0 aliphatic carbocycles. The standard InChI is InChI=1S/C32H27F2N5O5/c1-41-11-10-39-28-14-20(31(40)43-3)6-7-27(28)37-30(39)15-22-13-25(34)23(16-24(22)33)26-8-9-36-32(38-26)44-18-21-5-4-19(17-35)12-29(21)42-2/h4-9,12-14,16H,10-11,15,18H2,1-3H3. The molecule has 5 rings (SSSR count). The van der Waals surface area contributed by atoms with Gasteiger partial charge in [-0.1, -0.05) is 6.07 Å². The number of carbonyl (C=O) groups is 1. The highest BCUT2D eigenvalue weighted by molar-refractivity contribution is 5.93. The Morgan fingerprint density at radius 1 is 0.977 bits per heavy atom. The maximum absolute atomic E-state index is 15.5. The Balaban J connectivity index is 1.40. The van der Waals surface area contributed by atoms with Crippen molar-refractivity contribution in [3.05, 3.63) is 101 Å². The van der Waals surface area contributed by atoms with Gasteiger partial charge in [-0.05, 0) is 54.1 Å². The number of benzene rings is 3. The summed E-state index contributed by atoms with van der Waals surface area (Å²) in [5, 5.41) is 9.10. The number of hydrogen-bond donors (Lipinski definition) is 0. The molecule has 12 heteroatoms. The van der Waals surface area contributed by atoms with Gasteiger partial charge in [-0.3, -0.25) is 0 Å². The highest BCUT2D eigenvalue weighted by atomic mass is 19.1. The third-order valence-electron chi connectivity index (χ3n) is 6.93. The second-order valence-electron chi connectivity index (χ2n) is 9.62. The molecule has 44 heavy (non-hydrogen) atoms. The van der Waals surface area contributed by atoms with E-state index >= 15 is 8.78 Å². The third-order valence-corrected chi connectivity index (χ3v) is 6.93. The summed E-state index contributed by atoms with van der Waals surface area (Å²) < 4.78 is 53.8. The monoisotopic (exact) mass is 599 g/mol. The molecular formula is C32H27F2N5O5. The molecule has 0 spiro atoms. The summed E-state index contributed by atoms with van der Waals surface area (Å²) >= 11 is 0. The van der Waals surface area contributed by atoms with Gasteiger partial charge in [0, 0.05) is 37.4 Å². The summed E-state index contributed by atoms with van der Waals surface area (Å²) in [4.78, 5) is 25.1. The normalized spacial score (nSPS) is 10.9. The van der Waals surface area contributed by atoms with Crippen molar-refractivity contribution in [2.24, 2.45) is 0 Å². The van der Waals surface area contributed by atoms with Crippen molar-refractivity contribution < 1.29 is 32.5 Å². The van der Waals surface area contributed by atoms with Crippen LogP contribution < -0.4 is 9.47 Å². The minimum absolute atomic E-state index is 0.0143. The third kappa shape index (κ3) is 6.33. The smallest absolute Gasteiger partial charge is 0.337 e. The van der Waals surface area contributed by atoms with Crippen LogP contribution in [0.4, 0.5) is 8.78 Å². The van der Waals surface area contributed by atoms with E-state index in [-0.39, 0.29) is 35.9 Å². The Morgan fingerprint density at radius 2 is 1.82 bits per heavy atom. The lowest BCUT2D eigenvalue weighted by Crippen LogP contribution is -2.10. The minimum atomic E-state index is -0.688. The molecule has 0 amide bonds. The van der Waals surface area contributed by atoms with E-state index in [0.29, 0.717) is 52.4 Å². The molecule has 0 aliphatic rings. The van der Waals surface area contributed by atoms with Crippen LogP contribution in [0.1, 0.15) is 32.9 Å². The Labute approximate surface area is 251 Å². The average molecular weight is 600 g/mol. The maximum atomic E-state index is 15.5. The molecule has 0 unspecified atom stereocenters. The largest absolute Gasteiger partial charge is 0.496 e. The molecule has 0 aliphatic heterocycles. The van der Waals surface area contributed by atoms with Gasteiger partial charge in [-0.2, -0.15) is 10.2 Å². The van der Waals surface area contributed by atoms with Crippen molar-refractivity contribution in [1.29, 1.82) is 5.26 Å². The zero-order chi connectivity index (χ0) is 31.2. The van der Waals surface area contributed by atoms with E-state index in [1.165, 1.54) is 26.5 Å². The van der Waals surface area contributed by atoms with Crippen LogP contribution in [0, 0.1) is 23.0 Å². The Bertz CT molecular complexity index is 1890. The summed E-state index contributed by atoms with van der Waals surface area (Å²) in [7, 11) is 4.33. The van der Waals surface area contributed by atoms with Crippen molar-refractivity contribution in [1.82, 2.24) is 19.5 Å². The fourth-order valence-corrected chi connectivity index (χ4v) is 4.71. The molecule has 0 radical (unpaired) electrons. The molecule has 224 valence electrons. The van der Waals surface area contributed by atoms with Gasteiger partial charge in [0.05, 0.1) is 54.7 Å². The lowest BCUT2D eigenvalue weighted by molar-refractivity contribution is 0.0601. The van der Waals surface area contributed by atoms with Crippen LogP contribution in [0.5, 0.6) is 11.8 Å². The zero-order valence-electron chi connectivity index (χ0n) is 24.1. The van der Waals surface area contributed by atoms with Crippen LogP contribution in [0.25, 0.3) is 22.3 Å². The maximum Gasteiger partial charge on any atom is 0.337 e. The van der Waals surface area contributed by atoms with E-state index in [1.807, 2.05) is 10.6 Å². The van der Waals surface area contributed by atoms with Crippen molar-refractivity contribution in [3.63, 3.8) is 0 Å². The SMILES string of the molecule is COCCn1c(Cc2cc(F)c(-c3ccnc(OCc4ccc(C#N)cc4OC)n3)cc2F)nc2ccc(C(=O)OC)cc21. The first-order chi connectivity index (χ1) is 21.3. The van der Waals surface area contributed by atoms with Crippen LogP contribution >= 0.6 is 0 Å². The van der Waals surface area contributed by atoms with Gasteiger partial charge in [0.25, 0.3) is 0 Å². The number of fused-ring (bicyclic) bond motifs is 1. The number of nitriles is 1. The van der Waals surface area contributed by atoms with Crippen LogP contribution in [0.2, 0.25) is 0 Å². The molecule has 10 nitrogen and oxygen atoms in total. The number of ether oxygens (including phenoxy) is 4. The fraction of sp³-hybridized carbons (Fsp3) is 0.219. The van der Waals surface area contributed by atoms with Crippen LogP contribution in [0.15, 0.2) is 60.8 Å². The second-order valence-corrected chi connectivity index (χ2v) is 9.62. The van der Waals surface area contributed by atoms with Crippen molar-refractivity contribution >= 4 is 17.0 Å². The lowest BCUT2D eigenvalue weighted by Gasteiger charge is -2.12. The second kappa shape index (κ2) is 13.3. The van der Waals surface area contributed by atoms with Gasteiger partial charge < -0.3 is 23.5 Å². The lowest BCUT2D eigenvalue weighted by atomic mass is 10.0.